The predicted molar refractivity (Wildman–Crippen MR) is 94.9 cm³/mol. The quantitative estimate of drug-likeness (QED) is 0.613. The predicted octanol–water partition coefficient (Wildman–Crippen LogP) is 2.38. The summed E-state index contributed by atoms with van der Waals surface area (Å²) in [5.74, 6) is -0.00842. The zero-order valence-electron chi connectivity index (χ0n) is 14.5. The molecule has 8 nitrogen and oxygen atoms in total. The first-order chi connectivity index (χ1) is 12.6. The van der Waals surface area contributed by atoms with Crippen LogP contribution in [-0.2, 0) is 4.79 Å². The van der Waals surface area contributed by atoms with E-state index in [0.29, 0.717) is 18.8 Å². The fraction of sp³-hybridized carbons (Fsp3) is 0.556. The molecule has 26 heavy (non-hydrogen) atoms. The van der Waals surface area contributed by atoms with Gasteiger partial charge in [-0.2, -0.15) is 0 Å². The Bertz CT molecular complexity index is 746. The fourth-order valence-corrected chi connectivity index (χ4v) is 4.41. The van der Waals surface area contributed by atoms with E-state index in [1.807, 2.05) is 4.90 Å². The zero-order chi connectivity index (χ0) is 18.3. The Morgan fingerprint density at radius 1 is 0.962 bits per heavy atom. The number of anilines is 1. The van der Waals surface area contributed by atoms with Crippen molar-refractivity contribution in [2.75, 3.05) is 24.5 Å². The van der Waals surface area contributed by atoms with Crippen LogP contribution in [0, 0.1) is 10.1 Å². The van der Waals surface area contributed by atoms with Crippen LogP contribution in [0.1, 0.15) is 32.1 Å². The summed E-state index contributed by atoms with van der Waals surface area (Å²) in [5, 5.41) is 11.3. The van der Waals surface area contributed by atoms with Crippen LogP contribution >= 0.6 is 0 Å². The summed E-state index contributed by atoms with van der Waals surface area (Å²) in [6, 6.07) is 6.11. The monoisotopic (exact) mass is 358 g/mol. The second-order valence-electron chi connectivity index (χ2n) is 7.26. The second kappa shape index (κ2) is 6.59. The number of rotatable bonds is 3. The second-order valence-corrected chi connectivity index (χ2v) is 7.26. The summed E-state index contributed by atoms with van der Waals surface area (Å²) in [6.07, 6.45) is 5.56. The maximum absolute atomic E-state index is 12.8. The molecule has 3 aliphatic rings. The van der Waals surface area contributed by atoms with E-state index in [0.717, 1.165) is 25.7 Å². The maximum Gasteiger partial charge on any atom is 0.325 e. The van der Waals surface area contributed by atoms with Crippen LogP contribution in [0.5, 0.6) is 0 Å². The Balaban J connectivity index is 1.56. The van der Waals surface area contributed by atoms with Crippen molar-refractivity contribution in [2.24, 2.45) is 0 Å². The van der Waals surface area contributed by atoms with Crippen molar-refractivity contribution in [3.05, 3.63) is 34.4 Å². The van der Waals surface area contributed by atoms with Gasteiger partial charge in [0.05, 0.1) is 17.5 Å². The molecule has 0 radical (unpaired) electrons. The highest BCUT2D eigenvalue weighted by Gasteiger charge is 2.46. The van der Waals surface area contributed by atoms with E-state index >= 15 is 0 Å². The van der Waals surface area contributed by atoms with Crippen molar-refractivity contribution in [3.8, 4) is 0 Å². The van der Waals surface area contributed by atoms with Crippen LogP contribution in [-0.4, -0.2) is 58.4 Å². The number of nitro benzene ring substituents is 1. The molecule has 0 spiro atoms. The Kier molecular flexibility index (Phi) is 4.26. The molecule has 2 aliphatic heterocycles. The molecule has 1 aromatic carbocycles. The Morgan fingerprint density at radius 3 is 2.42 bits per heavy atom. The summed E-state index contributed by atoms with van der Waals surface area (Å²) >= 11 is 0. The van der Waals surface area contributed by atoms with E-state index in [9.17, 15) is 19.7 Å². The van der Waals surface area contributed by atoms with Crippen LogP contribution in [0.15, 0.2) is 24.3 Å². The van der Waals surface area contributed by atoms with Gasteiger partial charge in [0.15, 0.2) is 0 Å². The summed E-state index contributed by atoms with van der Waals surface area (Å²) in [4.78, 5) is 41.2. The molecule has 1 atom stereocenters. The van der Waals surface area contributed by atoms with Gasteiger partial charge in [0.25, 0.3) is 5.69 Å². The topological polar surface area (TPSA) is 87.0 Å². The lowest BCUT2D eigenvalue weighted by Crippen LogP contribution is -2.58. The molecule has 1 saturated carbocycles. The first-order valence-corrected chi connectivity index (χ1v) is 9.17. The molecule has 2 heterocycles. The first-order valence-electron chi connectivity index (χ1n) is 9.17. The number of carbonyl (C=O) groups excluding carboxylic acids is 2. The maximum atomic E-state index is 12.8. The minimum atomic E-state index is -0.473. The van der Waals surface area contributed by atoms with Gasteiger partial charge in [-0.05, 0) is 18.9 Å². The molecule has 3 amide bonds. The van der Waals surface area contributed by atoms with Gasteiger partial charge < -0.3 is 9.80 Å². The molecule has 1 aliphatic carbocycles. The van der Waals surface area contributed by atoms with E-state index < -0.39 is 4.92 Å². The average Bonchev–Trinajstić information content (AvgIpc) is 2.97. The van der Waals surface area contributed by atoms with E-state index in [1.165, 1.54) is 17.4 Å². The number of urea groups is 1. The molecule has 2 saturated heterocycles. The Morgan fingerprint density at radius 2 is 1.69 bits per heavy atom. The molecule has 0 bridgehead atoms. The number of amides is 3. The minimum absolute atomic E-state index is 0.00842. The van der Waals surface area contributed by atoms with E-state index in [2.05, 4.69) is 0 Å². The Labute approximate surface area is 151 Å². The fourth-order valence-electron chi connectivity index (χ4n) is 4.41. The Hall–Kier alpha value is -2.64. The van der Waals surface area contributed by atoms with Crippen molar-refractivity contribution >= 4 is 23.3 Å². The van der Waals surface area contributed by atoms with Crippen LogP contribution in [0.4, 0.5) is 16.2 Å². The van der Waals surface area contributed by atoms with Crippen molar-refractivity contribution < 1.29 is 14.5 Å². The van der Waals surface area contributed by atoms with Crippen LogP contribution in [0.2, 0.25) is 0 Å². The van der Waals surface area contributed by atoms with Crippen LogP contribution in [0.25, 0.3) is 0 Å². The van der Waals surface area contributed by atoms with Gasteiger partial charge in [-0.1, -0.05) is 31.4 Å². The SMILES string of the molecule is O=C1CN2C(=O)N(c3ccccc3[N+](=O)[O-])CC2CN1C1CCCCC1. The number of para-hydroxylation sites is 2. The zero-order valence-corrected chi connectivity index (χ0v) is 14.5. The largest absolute Gasteiger partial charge is 0.336 e. The number of fused-ring (bicyclic) bond motifs is 1. The van der Waals surface area contributed by atoms with Gasteiger partial charge in [0, 0.05) is 18.7 Å². The third-order valence-electron chi connectivity index (χ3n) is 5.73. The number of hydrogen-bond acceptors (Lipinski definition) is 4. The van der Waals surface area contributed by atoms with E-state index in [-0.39, 0.29) is 36.3 Å². The number of nitro groups is 1. The molecule has 3 fully saturated rings. The molecular formula is C18H22N4O4. The summed E-state index contributed by atoms with van der Waals surface area (Å²) in [6.45, 7) is 0.962. The molecule has 1 aromatic rings. The number of piperazine rings is 1. The highest BCUT2D eigenvalue weighted by atomic mass is 16.6. The molecular weight excluding hydrogens is 336 g/mol. The van der Waals surface area contributed by atoms with Crippen LogP contribution in [0.3, 0.4) is 0 Å². The number of hydrogen-bond donors (Lipinski definition) is 0. The highest BCUT2D eigenvalue weighted by Crippen LogP contribution is 2.34. The van der Waals surface area contributed by atoms with E-state index in [4.69, 9.17) is 0 Å². The highest BCUT2D eigenvalue weighted by molar-refractivity contribution is 5.99. The van der Waals surface area contributed by atoms with Crippen molar-refractivity contribution in [2.45, 2.75) is 44.2 Å². The molecule has 0 aromatic heterocycles. The van der Waals surface area contributed by atoms with Gasteiger partial charge in [-0.25, -0.2) is 4.79 Å². The number of nitrogens with zero attached hydrogens (tertiary/aromatic N) is 4. The molecule has 138 valence electrons. The molecule has 4 rings (SSSR count). The van der Waals surface area contributed by atoms with Crippen molar-refractivity contribution in [3.63, 3.8) is 0 Å². The third kappa shape index (κ3) is 2.79. The van der Waals surface area contributed by atoms with Gasteiger partial charge in [-0.3, -0.25) is 19.8 Å². The summed E-state index contributed by atoms with van der Waals surface area (Å²) < 4.78 is 0. The van der Waals surface area contributed by atoms with Crippen molar-refractivity contribution in [1.82, 2.24) is 9.80 Å². The molecule has 1 unspecified atom stereocenters. The lowest BCUT2D eigenvalue weighted by molar-refractivity contribution is -0.384. The van der Waals surface area contributed by atoms with Gasteiger partial charge in [0.1, 0.15) is 12.2 Å². The minimum Gasteiger partial charge on any atom is -0.336 e. The smallest absolute Gasteiger partial charge is 0.325 e. The van der Waals surface area contributed by atoms with Gasteiger partial charge in [-0.15, -0.1) is 0 Å². The van der Waals surface area contributed by atoms with Crippen molar-refractivity contribution in [1.29, 1.82) is 0 Å². The molecule has 0 N–H and O–H groups in total. The first kappa shape index (κ1) is 16.8. The normalized spacial score (nSPS) is 24.2. The number of benzene rings is 1. The number of carbonyl (C=O) groups is 2. The molecule has 8 heteroatoms. The summed E-state index contributed by atoms with van der Waals surface area (Å²) in [5.41, 5.74) is 0.213. The van der Waals surface area contributed by atoms with Gasteiger partial charge in [0.2, 0.25) is 5.91 Å². The summed E-state index contributed by atoms with van der Waals surface area (Å²) in [7, 11) is 0. The lowest BCUT2D eigenvalue weighted by Gasteiger charge is -2.41. The lowest BCUT2D eigenvalue weighted by atomic mass is 9.93. The standard InChI is InChI=1S/C18H22N4O4/c23-17-12-20-14(10-19(17)13-6-2-1-3-7-13)11-21(18(20)24)15-8-4-5-9-16(15)22(25)26/h4-5,8-9,13-14H,1-3,6-7,10-12H2. The van der Waals surface area contributed by atoms with Gasteiger partial charge >= 0.3 is 6.03 Å². The van der Waals surface area contributed by atoms with E-state index in [1.54, 1.807) is 23.1 Å². The van der Waals surface area contributed by atoms with Crippen LogP contribution < -0.4 is 4.90 Å². The average molecular weight is 358 g/mol. The third-order valence-corrected chi connectivity index (χ3v) is 5.73.